The summed E-state index contributed by atoms with van der Waals surface area (Å²) in [4.78, 5) is 18.7. The standard InChI is InChI=1S/C14H14F3N3O5S/c1-3-7(2)18-11-12(25-26(23,24)14(15,16)17)20-9-5-4-8(13(21)22)6-10(9)19-11/h4-7H,3H2,1-2H3,(H,18,19)(H,21,22). The number of alkyl halides is 3. The maximum Gasteiger partial charge on any atom is 0.534 e. The monoisotopic (exact) mass is 393 g/mol. The summed E-state index contributed by atoms with van der Waals surface area (Å²) in [5.74, 6) is -2.45. The van der Waals surface area contributed by atoms with Gasteiger partial charge in [-0.1, -0.05) is 6.92 Å². The SMILES string of the molecule is CCC(C)Nc1nc2cc(C(=O)O)ccc2nc1OS(=O)(=O)C(F)(F)F. The van der Waals surface area contributed by atoms with Crippen molar-refractivity contribution in [3.05, 3.63) is 23.8 Å². The molecule has 0 aliphatic carbocycles. The van der Waals surface area contributed by atoms with Crippen molar-refractivity contribution in [2.75, 3.05) is 5.32 Å². The van der Waals surface area contributed by atoms with E-state index in [1.807, 2.05) is 0 Å². The van der Waals surface area contributed by atoms with Gasteiger partial charge < -0.3 is 14.6 Å². The highest BCUT2D eigenvalue weighted by molar-refractivity contribution is 7.88. The molecule has 0 amide bonds. The van der Waals surface area contributed by atoms with Crippen LogP contribution in [0.5, 0.6) is 5.88 Å². The van der Waals surface area contributed by atoms with Gasteiger partial charge in [-0.25, -0.2) is 14.8 Å². The second kappa shape index (κ2) is 6.94. The second-order valence-electron chi connectivity index (χ2n) is 5.32. The molecule has 2 N–H and O–H groups in total. The lowest BCUT2D eigenvalue weighted by atomic mass is 10.2. The summed E-state index contributed by atoms with van der Waals surface area (Å²) < 4.78 is 64.5. The van der Waals surface area contributed by atoms with Gasteiger partial charge in [0.2, 0.25) is 0 Å². The average Bonchev–Trinajstić information content (AvgIpc) is 2.53. The van der Waals surface area contributed by atoms with E-state index in [0.29, 0.717) is 6.42 Å². The van der Waals surface area contributed by atoms with Gasteiger partial charge in [-0.2, -0.15) is 21.6 Å². The van der Waals surface area contributed by atoms with Gasteiger partial charge in [0.25, 0.3) is 5.88 Å². The summed E-state index contributed by atoms with van der Waals surface area (Å²) in [6.07, 6.45) is 0.542. The highest BCUT2D eigenvalue weighted by Crippen LogP contribution is 2.31. The molecule has 2 aromatic rings. The zero-order chi connectivity index (χ0) is 19.7. The Labute approximate surface area is 146 Å². The molecular formula is C14H14F3N3O5S. The predicted molar refractivity (Wildman–Crippen MR) is 85.5 cm³/mol. The molecule has 0 aliphatic heterocycles. The van der Waals surface area contributed by atoms with E-state index in [9.17, 15) is 26.4 Å². The van der Waals surface area contributed by atoms with Crippen molar-refractivity contribution in [1.82, 2.24) is 9.97 Å². The fraction of sp³-hybridized carbons (Fsp3) is 0.357. The van der Waals surface area contributed by atoms with E-state index >= 15 is 0 Å². The lowest BCUT2D eigenvalue weighted by Crippen LogP contribution is -2.29. The van der Waals surface area contributed by atoms with Crippen LogP contribution in [0.3, 0.4) is 0 Å². The number of halogens is 3. The minimum Gasteiger partial charge on any atom is -0.478 e. The first-order chi connectivity index (χ1) is 11.9. The molecule has 0 saturated carbocycles. The Hall–Kier alpha value is -2.63. The highest BCUT2D eigenvalue weighted by atomic mass is 32.2. The van der Waals surface area contributed by atoms with Crippen molar-refractivity contribution in [1.29, 1.82) is 0 Å². The van der Waals surface area contributed by atoms with Gasteiger partial charge in [-0.05, 0) is 31.5 Å². The second-order valence-corrected chi connectivity index (χ2v) is 6.86. The molecule has 12 heteroatoms. The number of hydrogen-bond donors (Lipinski definition) is 2. The van der Waals surface area contributed by atoms with Crippen LogP contribution in [0.1, 0.15) is 30.6 Å². The maximum atomic E-state index is 12.6. The molecule has 1 unspecified atom stereocenters. The van der Waals surface area contributed by atoms with Crippen LogP contribution in [-0.2, 0) is 10.1 Å². The van der Waals surface area contributed by atoms with Gasteiger partial charge in [0.1, 0.15) is 0 Å². The third-order valence-corrected chi connectivity index (χ3v) is 4.29. The quantitative estimate of drug-likeness (QED) is 0.568. The number of carboxylic acid groups (broad SMARTS) is 1. The van der Waals surface area contributed by atoms with E-state index in [0.717, 1.165) is 12.1 Å². The first-order valence-corrected chi connectivity index (χ1v) is 8.68. The van der Waals surface area contributed by atoms with E-state index in [4.69, 9.17) is 5.11 Å². The van der Waals surface area contributed by atoms with Crippen molar-refractivity contribution >= 4 is 32.9 Å². The molecule has 0 radical (unpaired) electrons. The van der Waals surface area contributed by atoms with Crippen molar-refractivity contribution in [2.45, 2.75) is 31.8 Å². The Bertz CT molecular complexity index is 947. The van der Waals surface area contributed by atoms with Crippen molar-refractivity contribution in [3.8, 4) is 5.88 Å². The van der Waals surface area contributed by atoms with Crippen LogP contribution >= 0.6 is 0 Å². The third kappa shape index (κ3) is 4.12. The average molecular weight is 393 g/mol. The molecule has 142 valence electrons. The van der Waals surface area contributed by atoms with E-state index in [1.54, 1.807) is 13.8 Å². The Morgan fingerprint density at radius 2 is 1.96 bits per heavy atom. The molecular weight excluding hydrogens is 379 g/mol. The molecule has 0 spiro atoms. The number of benzene rings is 1. The number of nitrogens with one attached hydrogen (secondary N) is 1. The van der Waals surface area contributed by atoms with Crippen LogP contribution in [-0.4, -0.2) is 41.0 Å². The van der Waals surface area contributed by atoms with E-state index in [-0.39, 0.29) is 28.5 Å². The topological polar surface area (TPSA) is 118 Å². The van der Waals surface area contributed by atoms with Gasteiger partial charge in [0, 0.05) is 6.04 Å². The number of anilines is 1. The normalized spacial score (nSPS) is 13.4. The molecule has 0 bridgehead atoms. The molecule has 1 aromatic heterocycles. The smallest absolute Gasteiger partial charge is 0.478 e. The van der Waals surface area contributed by atoms with Gasteiger partial charge in [-0.3, -0.25) is 0 Å². The van der Waals surface area contributed by atoms with Crippen LogP contribution < -0.4 is 9.50 Å². The van der Waals surface area contributed by atoms with E-state index in [2.05, 4.69) is 19.5 Å². The van der Waals surface area contributed by atoms with Gasteiger partial charge in [-0.15, -0.1) is 0 Å². The molecule has 8 nitrogen and oxygen atoms in total. The zero-order valence-electron chi connectivity index (χ0n) is 13.5. The van der Waals surface area contributed by atoms with Gasteiger partial charge in [0.05, 0.1) is 16.6 Å². The number of aromatic carboxylic acids is 1. The summed E-state index contributed by atoms with van der Waals surface area (Å²) in [6.45, 7) is 3.46. The number of rotatable bonds is 6. The van der Waals surface area contributed by atoms with E-state index in [1.165, 1.54) is 6.07 Å². The number of carboxylic acids is 1. The maximum absolute atomic E-state index is 12.6. The van der Waals surface area contributed by atoms with Crippen molar-refractivity contribution < 1.29 is 35.7 Å². The Morgan fingerprint density at radius 3 is 2.50 bits per heavy atom. The molecule has 1 heterocycles. The van der Waals surface area contributed by atoms with Crippen LogP contribution in [0.25, 0.3) is 11.0 Å². The summed E-state index contributed by atoms with van der Waals surface area (Å²) in [5, 5.41) is 11.7. The lowest BCUT2D eigenvalue weighted by Gasteiger charge is -2.16. The first kappa shape index (κ1) is 19.7. The summed E-state index contributed by atoms with van der Waals surface area (Å²) in [7, 11) is -5.94. The summed E-state index contributed by atoms with van der Waals surface area (Å²) in [6, 6.07) is 3.21. The predicted octanol–water partition coefficient (Wildman–Crippen LogP) is 2.77. The van der Waals surface area contributed by atoms with Crippen LogP contribution in [0.4, 0.5) is 19.0 Å². The fourth-order valence-corrected chi connectivity index (χ4v) is 2.23. The minimum atomic E-state index is -5.94. The van der Waals surface area contributed by atoms with Crippen molar-refractivity contribution in [2.24, 2.45) is 0 Å². The number of carbonyl (C=O) groups is 1. The number of nitrogens with zero attached hydrogens (tertiary/aromatic N) is 2. The summed E-state index contributed by atoms with van der Waals surface area (Å²) in [5.41, 5.74) is -5.73. The highest BCUT2D eigenvalue weighted by Gasteiger charge is 2.49. The molecule has 0 saturated heterocycles. The van der Waals surface area contributed by atoms with E-state index < -0.39 is 27.5 Å². The fourth-order valence-electron chi connectivity index (χ4n) is 1.81. The molecule has 26 heavy (non-hydrogen) atoms. The largest absolute Gasteiger partial charge is 0.534 e. The number of hydrogen-bond acceptors (Lipinski definition) is 7. The number of aromatic nitrogens is 2. The molecule has 1 aromatic carbocycles. The molecule has 1 atom stereocenters. The minimum absolute atomic E-state index is 0.0305. The van der Waals surface area contributed by atoms with Crippen molar-refractivity contribution in [3.63, 3.8) is 0 Å². The Balaban J connectivity index is 2.61. The lowest BCUT2D eigenvalue weighted by molar-refractivity contribution is -0.0501. The van der Waals surface area contributed by atoms with Crippen LogP contribution in [0.15, 0.2) is 18.2 Å². The first-order valence-electron chi connectivity index (χ1n) is 7.27. The molecule has 0 fully saturated rings. The van der Waals surface area contributed by atoms with Gasteiger partial charge >= 0.3 is 21.6 Å². The summed E-state index contributed by atoms with van der Waals surface area (Å²) >= 11 is 0. The van der Waals surface area contributed by atoms with Gasteiger partial charge in [0.15, 0.2) is 5.82 Å². The zero-order valence-corrected chi connectivity index (χ0v) is 14.3. The Morgan fingerprint density at radius 1 is 1.31 bits per heavy atom. The molecule has 2 rings (SSSR count). The third-order valence-electron chi connectivity index (χ3n) is 3.35. The van der Waals surface area contributed by atoms with Crippen LogP contribution in [0, 0.1) is 0 Å². The van der Waals surface area contributed by atoms with Crippen LogP contribution in [0.2, 0.25) is 0 Å². The Kier molecular flexibility index (Phi) is 5.26. The number of fused-ring (bicyclic) bond motifs is 1. The molecule has 0 aliphatic rings.